The molecule has 0 bridgehead atoms. The quantitative estimate of drug-likeness (QED) is 0.579. The maximum atomic E-state index is 11.8. The number of fused-ring (bicyclic) bond motifs is 1. The van der Waals surface area contributed by atoms with Crippen molar-refractivity contribution in [3.63, 3.8) is 0 Å². The van der Waals surface area contributed by atoms with Gasteiger partial charge in [-0.25, -0.2) is 0 Å². The first-order valence-electron chi connectivity index (χ1n) is 6.25. The number of anilines is 1. The van der Waals surface area contributed by atoms with Crippen LogP contribution in [-0.4, -0.2) is 41.1 Å². The lowest BCUT2D eigenvalue weighted by Gasteiger charge is -2.10. The first-order chi connectivity index (χ1) is 9.15. The number of carbonyl (C=O) groups excluding carboxylic acids is 1. The second-order valence-electron chi connectivity index (χ2n) is 4.38. The summed E-state index contributed by atoms with van der Waals surface area (Å²) in [6, 6.07) is 5.48. The van der Waals surface area contributed by atoms with Crippen LogP contribution in [0.15, 0.2) is 23.1 Å². The summed E-state index contributed by atoms with van der Waals surface area (Å²) in [6.45, 7) is 2.46. The first-order valence-corrected chi connectivity index (χ1v) is 7.24. The highest BCUT2D eigenvalue weighted by Crippen LogP contribution is 2.34. The van der Waals surface area contributed by atoms with Crippen LogP contribution in [0.25, 0.3) is 0 Å². The summed E-state index contributed by atoms with van der Waals surface area (Å²) in [5.74, 6) is 0.397. The smallest absolute Gasteiger partial charge is 0.246 e. The Morgan fingerprint density at radius 3 is 3.00 bits per heavy atom. The molecule has 104 valence electrons. The Balaban J connectivity index is 2.09. The molecule has 1 aliphatic heterocycles. The van der Waals surface area contributed by atoms with Crippen molar-refractivity contribution in [1.82, 2.24) is 5.32 Å². The van der Waals surface area contributed by atoms with Gasteiger partial charge in [0.2, 0.25) is 5.91 Å². The van der Waals surface area contributed by atoms with Crippen molar-refractivity contribution in [2.45, 2.75) is 24.0 Å². The Kier molecular flexibility index (Phi) is 4.81. The van der Waals surface area contributed by atoms with Crippen molar-refractivity contribution in [3.8, 4) is 0 Å². The highest BCUT2D eigenvalue weighted by molar-refractivity contribution is 7.99. The molecule has 0 aliphatic carbocycles. The van der Waals surface area contributed by atoms with Crippen molar-refractivity contribution in [3.05, 3.63) is 23.8 Å². The van der Waals surface area contributed by atoms with E-state index in [9.17, 15) is 9.90 Å². The molecule has 0 saturated heterocycles. The van der Waals surface area contributed by atoms with Crippen LogP contribution in [0, 0.1) is 0 Å². The summed E-state index contributed by atoms with van der Waals surface area (Å²) >= 11 is 1.45. The van der Waals surface area contributed by atoms with Gasteiger partial charge in [0.25, 0.3) is 0 Å². The zero-order valence-corrected chi connectivity index (χ0v) is 11.5. The molecule has 1 heterocycles. The Bertz CT molecular complexity index is 467. The van der Waals surface area contributed by atoms with E-state index >= 15 is 0 Å². The normalized spacial score (nSPS) is 19.1. The number of aliphatic hydroxyl groups excluding tert-OH is 2. The largest absolute Gasteiger partial charge is 0.394 e. The molecule has 6 heteroatoms. The Morgan fingerprint density at radius 2 is 2.32 bits per heavy atom. The number of likely N-dealkylation sites (N-methyl/N-ethyl adjacent to an activating group) is 1. The van der Waals surface area contributed by atoms with E-state index in [2.05, 4.69) is 10.6 Å². The van der Waals surface area contributed by atoms with Crippen molar-refractivity contribution >= 4 is 23.4 Å². The summed E-state index contributed by atoms with van der Waals surface area (Å²) in [7, 11) is 0. The van der Waals surface area contributed by atoms with Gasteiger partial charge >= 0.3 is 0 Å². The van der Waals surface area contributed by atoms with E-state index in [0.717, 1.165) is 22.7 Å². The molecule has 5 nitrogen and oxygen atoms in total. The molecule has 2 atom stereocenters. The topological polar surface area (TPSA) is 81.6 Å². The van der Waals surface area contributed by atoms with Crippen molar-refractivity contribution in [1.29, 1.82) is 0 Å². The minimum absolute atomic E-state index is 0.0330. The molecule has 0 saturated carbocycles. The monoisotopic (exact) mass is 282 g/mol. The molecule has 2 unspecified atom stereocenters. The maximum Gasteiger partial charge on any atom is 0.246 e. The highest BCUT2D eigenvalue weighted by atomic mass is 32.2. The van der Waals surface area contributed by atoms with Crippen LogP contribution < -0.4 is 10.6 Å². The lowest BCUT2D eigenvalue weighted by Crippen LogP contribution is -2.27. The molecule has 0 fully saturated rings. The average molecular weight is 282 g/mol. The summed E-state index contributed by atoms with van der Waals surface area (Å²) in [4.78, 5) is 12.8. The maximum absolute atomic E-state index is 11.8. The molecular formula is C13H18N2O3S. The van der Waals surface area contributed by atoms with E-state index in [0.29, 0.717) is 5.75 Å². The molecule has 1 aliphatic rings. The molecule has 0 spiro atoms. The van der Waals surface area contributed by atoms with E-state index in [-0.39, 0.29) is 18.6 Å². The molecule has 2 rings (SSSR count). The number of rotatable bonds is 6. The van der Waals surface area contributed by atoms with Gasteiger partial charge < -0.3 is 20.8 Å². The third-order valence-electron chi connectivity index (χ3n) is 2.92. The predicted molar refractivity (Wildman–Crippen MR) is 75.3 cm³/mol. The van der Waals surface area contributed by atoms with Crippen molar-refractivity contribution < 1.29 is 15.0 Å². The minimum Gasteiger partial charge on any atom is -0.394 e. The van der Waals surface area contributed by atoms with Crippen LogP contribution in [0.3, 0.4) is 0 Å². The van der Waals surface area contributed by atoms with Crippen LogP contribution in [0.1, 0.15) is 18.5 Å². The van der Waals surface area contributed by atoms with Gasteiger partial charge in [0.1, 0.15) is 6.04 Å². The zero-order chi connectivity index (χ0) is 13.8. The van der Waals surface area contributed by atoms with Crippen LogP contribution in [0.2, 0.25) is 0 Å². The third-order valence-corrected chi connectivity index (χ3v) is 4.06. The van der Waals surface area contributed by atoms with Crippen molar-refractivity contribution in [2.75, 3.05) is 24.2 Å². The molecule has 1 aromatic carbocycles. The number of amides is 1. The van der Waals surface area contributed by atoms with Gasteiger partial charge in [-0.15, -0.1) is 11.8 Å². The predicted octanol–water partition coefficient (Wildman–Crippen LogP) is 0.735. The average Bonchev–Trinajstić information content (AvgIpc) is 2.72. The van der Waals surface area contributed by atoms with Crippen LogP contribution >= 0.6 is 11.8 Å². The second kappa shape index (κ2) is 6.38. The molecule has 1 aromatic rings. The summed E-state index contributed by atoms with van der Waals surface area (Å²) in [5.41, 5.74) is 1.78. The number of hydrogen-bond donors (Lipinski definition) is 4. The lowest BCUT2D eigenvalue weighted by atomic mass is 10.1. The number of thioether (sulfide) groups is 1. The zero-order valence-electron chi connectivity index (χ0n) is 10.7. The number of nitrogens with one attached hydrogen (secondary N) is 2. The molecule has 4 N–H and O–H groups in total. The third kappa shape index (κ3) is 3.27. The van der Waals surface area contributed by atoms with E-state index < -0.39 is 6.10 Å². The van der Waals surface area contributed by atoms with Crippen LogP contribution in [-0.2, 0) is 4.79 Å². The van der Waals surface area contributed by atoms with Crippen LogP contribution in [0.5, 0.6) is 0 Å². The van der Waals surface area contributed by atoms with E-state index in [1.807, 2.05) is 25.1 Å². The van der Waals surface area contributed by atoms with Crippen molar-refractivity contribution in [2.24, 2.45) is 0 Å². The van der Waals surface area contributed by atoms with E-state index in [4.69, 9.17) is 5.11 Å². The lowest BCUT2D eigenvalue weighted by molar-refractivity contribution is -0.117. The minimum atomic E-state index is -0.720. The van der Waals surface area contributed by atoms with Gasteiger partial charge in [0.05, 0.1) is 12.7 Å². The SMILES string of the molecule is CCNC1C(=O)Nc2cc(SCC(O)CO)ccc21. The van der Waals surface area contributed by atoms with Gasteiger partial charge in [-0.05, 0) is 18.7 Å². The van der Waals surface area contributed by atoms with Crippen LogP contribution in [0.4, 0.5) is 5.69 Å². The number of hydrogen-bond acceptors (Lipinski definition) is 5. The fourth-order valence-electron chi connectivity index (χ4n) is 1.98. The molecule has 0 radical (unpaired) electrons. The Hall–Kier alpha value is -1.08. The Morgan fingerprint density at radius 1 is 1.53 bits per heavy atom. The number of benzene rings is 1. The molecule has 1 amide bonds. The van der Waals surface area contributed by atoms with E-state index in [1.54, 1.807) is 0 Å². The number of aliphatic hydroxyl groups is 2. The molecule has 0 aromatic heterocycles. The number of carbonyl (C=O) groups is 1. The summed E-state index contributed by atoms with van der Waals surface area (Å²) in [5, 5.41) is 24.1. The van der Waals surface area contributed by atoms with Gasteiger partial charge in [0, 0.05) is 21.9 Å². The fourth-order valence-corrected chi connectivity index (χ4v) is 2.84. The van der Waals surface area contributed by atoms with E-state index in [1.165, 1.54) is 11.8 Å². The highest BCUT2D eigenvalue weighted by Gasteiger charge is 2.29. The second-order valence-corrected chi connectivity index (χ2v) is 5.47. The summed E-state index contributed by atoms with van der Waals surface area (Å²) in [6.07, 6.45) is -0.720. The fraction of sp³-hybridized carbons (Fsp3) is 0.462. The molecule has 19 heavy (non-hydrogen) atoms. The van der Waals surface area contributed by atoms with Gasteiger partial charge in [-0.3, -0.25) is 4.79 Å². The standard InChI is InChI=1S/C13H18N2O3S/c1-2-14-12-10-4-3-9(19-7-8(17)6-16)5-11(10)15-13(12)18/h3-5,8,12,14,16-17H,2,6-7H2,1H3,(H,15,18). The van der Waals surface area contributed by atoms with Gasteiger partial charge in [-0.1, -0.05) is 13.0 Å². The van der Waals surface area contributed by atoms with Gasteiger partial charge in [-0.2, -0.15) is 0 Å². The summed E-state index contributed by atoms with van der Waals surface area (Å²) < 4.78 is 0. The van der Waals surface area contributed by atoms with Gasteiger partial charge in [0.15, 0.2) is 0 Å². The Labute approximate surface area is 116 Å². The molecular weight excluding hydrogens is 264 g/mol. The first kappa shape index (κ1) is 14.3.